The van der Waals surface area contributed by atoms with Gasteiger partial charge in [0.1, 0.15) is 24.6 Å². The van der Waals surface area contributed by atoms with E-state index in [-0.39, 0.29) is 40.7 Å². The lowest BCUT2D eigenvalue weighted by Gasteiger charge is -2.11. The zero-order chi connectivity index (χ0) is 25.4. The maximum absolute atomic E-state index is 13.8. The van der Waals surface area contributed by atoms with E-state index in [1.165, 1.54) is 25.1 Å². The quantitative estimate of drug-likeness (QED) is 0.445. The Morgan fingerprint density at radius 2 is 1.83 bits per heavy atom. The van der Waals surface area contributed by atoms with Gasteiger partial charge in [0.15, 0.2) is 5.02 Å². The second-order valence-corrected chi connectivity index (χ2v) is 7.83. The Balaban J connectivity index is 1.63. The van der Waals surface area contributed by atoms with Gasteiger partial charge in [0.25, 0.3) is 5.56 Å². The molecule has 10 nitrogen and oxygen atoms in total. The number of nitrogens with two attached hydrogens (primary N) is 1. The van der Waals surface area contributed by atoms with Gasteiger partial charge >= 0.3 is 11.7 Å². The van der Waals surface area contributed by atoms with Gasteiger partial charge < -0.3 is 10.5 Å². The van der Waals surface area contributed by atoms with E-state index in [1.54, 1.807) is 6.07 Å². The number of fused-ring (bicyclic) bond motifs is 1. The SMILES string of the molecule is CC(=O)n1c(=O)n(C(N)=O)c2cc(Cn3cnc(OCc4ccc(F)cc4F)c(Cl)c3=O)ccc21. The molecule has 0 aliphatic rings. The number of primary amides is 1. The van der Waals surface area contributed by atoms with Crippen LogP contribution in [0.25, 0.3) is 11.0 Å². The Hall–Kier alpha value is -4.32. The summed E-state index contributed by atoms with van der Waals surface area (Å²) in [6, 6.07) is 6.32. The molecule has 35 heavy (non-hydrogen) atoms. The van der Waals surface area contributed by atoms with Crippen LogP contribution in [0.15, 0.2) is 52.3 Å². The van der Waals surface area contributed by atoms with Crippen molar-refractivity contribution in [3.8, 4) is 5.88 Å². The molecule has 0 saturated carbocycles. The van der Waals surface area contributed by atoms with Crippen LogP contribution in [0.3, 0.4) is 0 Å². The minimum absolute atomic E-state index is 0.0414. The molecule has 180 valence electrons. The summed E-state index contributed by atoms with van der Waals surface area (Å²) in [5.41, 5.74) is 4.49. The molecule has 0 saturated heterocycles. The highest BCUT2D eigenvalue weighted by Crippen LogP contribution is 2.20. The summed E-state index contributed by atoms with van der Waals surface area (Å²) >= 11 is 6.09. The number of amides is 1. The molecular formula is C22H16ClF2N5O5. The summed E-state index contributed by atoms with van der Waals surface area (Å²) in [5, 5.41) is -0.368. The average Bonchev–Trinajstić information content (AvgIpc) is 3.08. The van der Waals surface area contributed by atoms with Crippen LogP contribution in [0, 0.1) is 11.6 Å². The van der Waals surface area contributed by atoms with Crippen LogP contribution >= 0.6 is 11.6 Å². The smallest absolute Gasteiger partial charge is 0.344 e. The van der Waals surface area contributed by atoms with Gasteiger partial charge in [-0.25, -0.2) is 32.5 Å². The van der Waals surface area contributed by atoms with Crippen LogP contribution in [0.5, 0.6) is 5.88 Å². The number of aromatic nitrogens is 4. The Morgan fingerprint density at radius 1 is 1.09 bits per heavy atom. The molecule has 13 heteroatoms. The third kappa shape index (κ3) is 4.43. The first-order valence-corrected chi connectivity index (χ1v) is 10.3. The molecule has 0 atom stereocenters. The number of carbonyl (C=O) groups is 2. The summed E-state index contributed by atoms with van der Waals surface area (Å²) in [6.45, 7) is 0.769. The number of carbonyl (C=O) groups excluding carboxylic acids is 2. The van der Waals surface area contributed by atoms with Gasteiger partial charge in [-0.15, -0.1) is 0 Å². The van der Waals surface area contributed by atoms with E-state index >= 15 is 0 Å². The fraction of sp³-hybridized carbons (Fsp3) is 0.136. The Labute approximate surface area is 199 Å². The molecule has 4 aromatic rings. The molecule has 2 aromatic carbocycles. The van der Waals surface area contributed by atoms with Gasteiger partial charge in [-0.05, 0) is 29.8 Å². The summed E-state index contributed by atoms with van der Waals surface area (Å²) < 4.78 is 34.8. The summed E-state index contributed by atoms with van der Waals surface area (Å²) in [4.78, 5) is 52.8. The minimum atomic E-state index is -1.07. The van der Waals surface area contributed by atoms with E-state index in [0.29, 0.717) is 16.2 Å². The molecule has 0 aliphatic heterocycles. The van der Waals surface area contributed by atoms with E-state index in [2.05, 4.69) is 4.98 Å². The third-order valence-corrected chi connectivity index (χ3v) is 5.45. The number of benzene rings is 2. The number of hydrogen-bond acceptors (Lipinski definition) is 6. The molecule has 1 amide bonds. The van der Waals surface area contributed by atoms with E-state index in [4.69, 9.17) is 22.1 Å². The zero-order valence-electron chi connectivity index (χ0n) is 18.0. The van der Waals surface area contributed by atoms with Crippen molar-refractivity contribution in [2.24, 2.45) is 5.73 Å². The van der Waals surface area contributed by atoms with Crippen LogP contribution in [-0.4, -0.2) is 30.6 Å². The topological polar surface area (TPSA) is 131 Å². The van der Waals surface area contributed by atoms with Gasteiger partial charge in [-0.1, -0.05) is 17.7 Å². The molecular weight excluding hydrogens is 488 g/mol. The van der Waals surface area contributed by atoms with Gasteiger partial charge in [-0.3, -0.25) is 14.2 Å². The number of halogens is 3. The molecule has 2 heterocycles. The van der Waals surface area contributed by atoms with Crippen LogP contribution < -0.4 is 21.7 Å². The summed E-state index contributed by atoms with van der Waals surface area (Å²) in [7, 11) is 0. The normalized spacial score (nSPS) is 11.1. The number of nitrogens with zero attached hydrogens (tertiary/aromatic N) is 4. The van der Waals surface area contributed by atoms with Crippen molar-refractivity contribution in [2.45, 2.75) is 20.1 Å². The van der Waals surface area contributed by atoms with Crippen molar-refractivity contribution in [3.05, 3.63) is 91.3 Å². The van der Waals surface area contributed by atoms with Crippen LogP contribution in [-0.2, 0) is 13.2 Å². The van der Waals surface area contributed by atoms with Crippen molar-refractivity contribution >= 4 is 34.6 Å². The molecule has 2 N–H and O–H groups in total. The molecule has 0 unspecified atom stereocenters. The first-order chi connectivity index (χ1) is 16.6. The maximum atomic E-state index is 13.8. The number of imidazole rings is 1. The zero-order valence-corrected chi connectivity index (χ0v) is 18.8. The number of rotatable bonds is 5. The standard InChI is InChI=1S/C22H16ClF2N5O5/c1-11(31)29-16-5-2-12(6-17(16)30(21(26)33)22(29)34)8-28-10-27-19(18(23)20(28)32)35-9-13-3-4-14(24)7-15(13)25/h2-7,10H,8-9H2,1H3,(H2,26,33). The van der Waals surface area contributed by atoms with Crippen molar-refractivity contribution < 1.29 is 23.1 Å². The maximum Gasteiger partial charge on any atom is 0.344 e. The lowest BCUT2D eigenvalue weighted by molar-refractivity contribution is 0.0937. The van der Waals surface area contributed by atoms with Crippen LogP contribution in [0.1, 0.15) is 22.8 Å². The predicted octanol–water partition coefficient (Wildman–Crippen LogP) is 2.51. The fourth-order valence-electron chi connectivity index (χ4n) is 3.50. The highest BCUT2D eigenvalue weighted by Gasteiger charge is 2.20. The first kappa shape index (κ1) is 23.8. The lowest BCUT2D eigenvalue weighted by atomic mass is 10.2. The molecule has 0 fully saturated rings. The van der Waals surface area contributed by atoms with E-state index in [9.17, 15) is 28.0 Å². The van der Waals surface area contributed by atoms with E-state index in [0.717, 1.165) is 21.5 Å². The molecule has 4 rings (SSSR count). The van der Waals surface area contributed by atoms with Crippen molar-refractivity contribution in [1.82, 2.24) is 18.7 Å². The molecule has 0 radical (unpaired) electrons. The molecule has 0 aliphatic carbocycles. The van der Waals surface area contributed by atoms with Gasteiger partial charge in [0.2, 0.25) is 11.8 Å². The van der Waals surface area contributed by atoms with Gasteiger partial charge in [-0.2, -0.15) is 0 Å². The number of hydrogen-bond donors (Lipinski definition) is 1. The fourth-order valence-corrected chi connectivity index (χ4v) is 3.71. The van der Waals surface area contributed by atoms with Gasteiger partial charge in [0.05, 0.1) is 17.6 Å². The van der Waals surface area contributed by atoms with Crippen molar-refractivity contribution in [2.75, 3.05) is 0 Å². The third-order valence-electron chi connectivity index (χ3n) is 5.12. The lowest BCUT2D eigenvalue weighted by Crippen LogP contribution is -2.34. The van der Waals surface area contributed by atoms with Crippen molar-refractivity contribution in [3.63, 3.8) is 0 Å². The largest absolute Gasteiger partial charge is 0.471 e. The van der Waals surface area contributed by atoms with Crippen LogP contribution in [0.4, 0.5) is 13.6 Å². The van der Waals surface area contributed by atoms with E-state index < -0.39 is 34.8 Å². The summed E-state index contributed by atoms with van der Waals surface area (Å²) in [6.07, 6.45) is 1.15. The predicted molar refractivity (Wildman–Crippen MR) is 121 cm³/mol. The minimum Gasteiger partial charge on any atom is -0.471 e. The molecule has 0 bridgehead atoms. The first-order valence-electron chi connectivity index (χ1n) is 9.97. The Bertz CT molecular complexity index is 1630. The second-order valence-electron chi connectivity index (χ2n) is 7.45. The van der Waals surface area contributed by atoms with Crippen molar-refractivity contribution in [1.29, 1.82) is 0 Å². The monoisotopic (exact) mass is 503 g/mol. The molecule has 2 aromatic heterocycles. The number of ether oxygens (including phenoxy) is 1. The van der Waals surface area contributed by atoms with E-state index in [1.807, 2.05) is 0 Å². The highest BCUT2D eigenvalue weighted by atomic mass is 35.5. The Morgan fingerprint density at radius 3 is 2.49 bits per heavy atom. The van der Waals surface area contributed by atoms with Gasteiger partial charge in [0, 0.05) is 18.6 Å². The highest BCUT2D eigenvalue weighted by molar-refractivity contribution is 6.31. The average molecular weight is 504 g/mol. The Kier molecular flexibility index (Phi) is 6.22. The molecule has 0 spiro atoms. The van der Waals surface area contributed by atoms with Crippen LogP contribution in [0.2, 0.25) is 5.02 Å². The summed E-state index contributed by atoms with van der Waals surface area (Å²) in [5.74, 6) is -2.41. The second kappa shape index (κ2) is 9.14.